The monoisotopic (exact) mass is 431 g/mol. The maximum Gasteiger partial charge on any atom is 0.323 e. The van der Waals surface area contributed by atoms with Crippen LogP contribution in [0.5, 0.6) is 11.5 Å². The number of carbonyl (C=O) groups is 2. The predicted molar refractivity (Wildman–Crippen MR) is 125 cm³/mol. The summed E-state index contributed by atoms with van der Waals surface area (Å²) >= 11 is 0. The van der Waals surface area contributed by atoms with Crippen molar-refractivity contribution in [2.75, 3.05) is 35.3 Å². The minimum absolute atomic E-state index is 0.00686. The van der Waals surface area contributed by atoms with E-state index < -0.39 is 0 Å². The largest absolute Gasteiger partial charge is 0.494 e. The summed E-state index contributed by atoms with van der Waals surface area (Å²) in [6.45, 7) is 2.99. The second-order valence-corrected chi connectivity index (χ2v) is 7.48. The molecular formula is C25H25N3O4. The van der Waals surface area contributed by atoms with Crippen molar-refractivity contribution in [2.45, 2.75) is 13.3 Å². The molecule has 0 radical (unpaired) electrons. The second kappa shape index (κ2) is 9.87. The first-order valence-electron chi connectivity index (χ1n) is 10.5. The van der Waals surface area contributed by atoms with E-state index in [0.29, 0.717) is 42.4 Å². The van der Waals surface area contributed by atoms with E-state index in [4.69, 9.17) is 9.47 Å². The number of urea groups is 1. The third-order valence-corrected chi connectivity index (χ3v) is 5.01. The highest BCUT2D eigenvalue weighted by atomic mass is 16.5. The number of hydrogen-bond acceptors (Lipinski definition) is 4. The lowest BCUT2D eigenvalue weighted by atomic mass is 10.2. The zero-order valence-electron chi connectivity index (χ0n) is 17.8. The summed E-state index contributed by atoms with van der Waals surface area (Å²) in [7, 11) is 0. The van der Waals surface area contributed by atoms with Crippen LogP contribution in [0.25, 0.3) is 0 Å². The van der Waals surface area contributed by atoms with Crippen LogP contribution >= 0.6 is 0 Å². The van der Waals surface area contributed by atoms with Crippen LogP contribution in [0.4, 0.5) is 21.9 Å². The maximum absolute atomic E-state index is 12.5. The molecule has 0 saturated carbocycles. The molecule has 3 aromatic carbocycles. The van der Waals surface area contributed by atoms with Crippen molar-refractivity contribution in [1.29, 1.82) is 0 Å². The number of nitrogens with zero attached hydrogens (tertiary/aromatic N) is 1. The first-order chi connectivity index (χ1) is 15.6. The van der Waals surface area contributed by atoms with Crippen molar-refractivity contribution in [1.82, 2.24) is 0 Å². The van der Waals surface area contributed by atoms with Crippen LogP contribution in [0, 0.1) is 6.92 Å². The van der Waals surface area contributed by atoms with Gasteiger partial charge in [-0.2, -0.15) is 0 Å². The third kappa shape index (κ3) is 5.37. The molecule has 0 fully saturated rings. The average Bonchev–Trinajstić information content (AvgIpc) is 2.79. The van der Waals surface area contributed by atoms with Gasteiger partial charge in [0.2, 0.25) is 0 Å². The molecule has 3 aromatic rings. The van der Waals surface area contributed by atoms with Gasteiger partial charge >= 0.3 is 6.03 Å². The highest BCUT2D eigenvalue weighted by Gasteiger charge is 2.25. The number of hydrogen-bond donors (Lipinski definition) is 2. The topological polar surface area (TPSA) is 79.9 Å². The molecule has 0 unspecified atom stereocenters. The van der Waals surface area contributed by atoms with Crippen LogP contribution in [0.15, 0.2) is 72.8 Å². The fraction of sp³-hybridized carbons (Fsp3) is 0.200. The van der Waals surface area contributed by atoms with Gasteiger partial charge in [0.1, 0.15) is 11.5 Å². The molecule has 32 heavy (non-hydrogen) atoms. The molecule has 1 aliphatic heterocycles. The van der Waals surface area contributed by atoms with Crippen LogP contribution < -0.4 is 25.0 Å². The number of benzene rings is 3. The fourth-order valence-electron chi connectivity index (χ4n) is 3.39. The summed E-state index contributed by atoms with van der Waals surface area (Å²) in [6.07, 6.45) is 0.658. The SMILES string of the molecule is Cc1ccc(OCCCN2C(=O)COc3ccc(NC(=O)Nc4ccccc4)cc32)cc1. The Morgan fingerprint density at radius 2 is 1.75 bits per heavy atom. The molecule has 7 nitrogen and oxygen atoms in total. The molecule has 164 valence electrons. The van der Waals surface area contributed by atoms with Crippen molar-refractivity contribution < 1.29 is 19.1 Å². The molecule has 0 saturated heterocycles. The summed E-state index contributed by atoms with van der Waals surface area (Å²) in [4.78, 5) is 26.5. The number of fused-ring (bicyclic) bond motifs is 1. The standard InChI is InChI=1S/C25H25N3O4/c1-18-8-11-21(12-9-18)31-15-5-14-28-22-16-20(10-13-23(22)32-17-24(28)29)27-25(30)26-19-6-3-2-4-7-19/h2-4,6-13,16H,5,14-15,17H2,1H3,(H2,26,27,30). The van der Waals surface area contributed by atoms with Crippen LogP contribution in [0.1, 0.15) is 12.0 Å². The highest BCUT2D eigenvalue weighted by molar-refractivity contribution is 6.02. The van der Waals surface area contributed by atoms with Crippen LogP contribution in [0.2, 0.25) is 0 Å². The second-order valence-electron chi connectivity index (χ2n) is 7.48. The van der Waals surface area contributed by atoms with Crippen molar-refractivity contribution >= 4 is 29.0 Å². The van der Waals surface area contributed by atoms with Gasteiger partial charge in [0, 0.05) is 17.9 Å². The lowest BCUT2D eigenvalue weighted by Crippen LogP contribution is -2.39. The number of rotatable bonds is 7. The third-order valence-electron chi connectivity index (χ3n) is 5.01. The van der Waals surface area contributed by atoms with Gasteiger partial charge in [-0.25, -0.2) is 4.79 Å². The van der Waals surface area contributed by atoms with E-state index in [1.807, 2.05) is 49.4 Å². The molecule has 0 atom stereocenters. The van der Waals surface area contributed by atoms with Crippen LogP contribution in [-0.4, -0.2) is 31.7 Å². The number of para-hydroxylation sites is 1. The number of anilines is 3. The summed E-state index contributed by atoms with van der Waals surface area (Å²) in [5.41, 5.74) is 3.07. The first-order valence-corrected chi connectivity index (χ1v) is 10.5. The Kier molecular flexibility index (Phi) is 6.55. The van der Waals surface area contributed by atoms with Crippen molar-refractivity contribution in [3.8, 4) is 11.5 Å². The van der Waals surface area contributed by atoms with Crippen LogP contribution in [-0.2, 0) is 4.79 Å². The lowest BCUT2D eigenvalue weighted by molar-refractivity contribution is -0.121. The molecule has 1 aliphatic rings. The molecule has 0 aromatic heterocycles. The Bertz CT molecular complexity index is 1080. The summed E-state index contributed by atoms with van der Waals surface area (Å²) in [5, 5.41) is 5.57. The number of ether oxygens (including phenoxy) is 2. The average molecular weight is 431 g/mol. The Labute approximate surface area is 187 Å². The number of amides is 3. The van der Waals surface area contributed by atoms with E-state index >= 15 is 0 Å². The van der Waals surface area contributed by atoms with E-state index in [1.165, 1.54) is 5.56 Å². The number of carbonyl (C=O) groups excluding carboxylic acids is 2. The van der Waals surface area contributed by atoms with Crippen molar-refractivity contribution in [2.24, 2.45) is 0 Å². The maximum atomic E-state index is 12.5. The number of aryl methyl sites for hydroxylation is 1. The normalized spacial score (nSPS) is 12.5. The van der Waals surface area contributed by atoms with E-state index in [2.05, 4.69) is 10.6 Å². The van der Waals surface area contributed by atoms with Gasteiger partial charge in [0.25, 0.3) is 5.91 Å². The van der Waals surface area contributed by atoms with Gasteiger partial charge in [-0.05, 0) is 55.8 Å². The molecular weight excluding hydrogens is 406 g/mol. The van der Waals surface area contributed by atoms with Gasteiger partial charge in [0.05, 0.1) is 12.3 Å². The van der Waals surface area contributed by atoms with E-state index in [1.54, 1.807) is 35.2 Å². The lowest BCUT2D eigenvalue weighted by Gasteiger charge is -2.30. The van der Waals surface area contributed by atoms with E-state index in [0.717, 1.165) is 5.75 Å². The van der Waals surface area contributed by atoms with Crippen molar-refractivity contribution in [3.63, 3.8) is 0 Å². The molecule has 0 aliphatic carbocycles. The zero-order chi connectivity index (χ0) is 22.3. The smallest absolute Gasteiger partial charge is 0.323 e. The van der Waals surface area contributed by atoms with Crippen LogP contribution in [0.3, 0.4) is 0 Å². The van der Waals surface area contributed by atoms with Crippen molar-refractivity contribution in [3.05, 3.63) is 78.4 Å². The zero-order valence-corrected chi connectivity index (χ0v) is 17.8. The molecule has 0 bridgehead atoms. The van der Waals surface area contributed by atoms with Gasteiger partial charge in [0.15, 0.2) is 6.61 Å². The fourth-order valence-corrected chi connectivity index (χ4v) is 3.39. The molecule has 0 spiro atoms. The molecule has 1 heterocycles. The first kappa shape index (κ1) is 21.2. The minimum atomic E-state index is -0.364. The minimum Gasteiger partial charge on any atom is -0.494 e. The molecule has 3 amide bonds. The summed E-state index contributed by atoms with van der Waals surface area (Å²) < 4.78 is 11.3. The van der Waals surface area contributed by atoms with E-state index in [-0.39, 0.29) is 18.5 Å². The predicted octanol–water partition coefficient (Wildman–Crippen LogP) is 4.83. The Balaban J connectivity index is 1.38. The molecule has 7 heteroatoms. The Morgan fingerprint density at radius 1 is 1.00 bits per heavy atom. The summed E-state index contributed by atoms with van der Waals surface area (Å²) in [6, 6.07) is 21.9. The Morgan fingerprint density at radius 3 is 2.53 bits per heavy atom. The molecule has 4 rings (SSSR count). The van der Waals surface area contributed by atoms with Gasteiger partial charge in [-0.3, -0.25) is 4.79 Å². The molecule has 2 N–H and O–H groups in total. The highest BCUT2D eigenvalue weighted by Crippen LogP contribution is 2.34. The summed E-state index contributed by atoms with van der Waals surface area (Å²) in [5.74, 6) is 1.29. The van der Waals surface area contributed by atoms with Gasteiger partial charge < -0.3 is 25.0 Å². The number of nitrogens with one attached hydrogen (secondary N) is 2. The van der Waals surface area contributed by atoms with E-state index in [9.17, 15) is 9.59 Å². The van der Waals surface area contributed by atoms with Gasteiger partial charge in [-0.1, -0.05) is 35.9 Å². The van der Waals surface area contributed by atoms with Gasteiger partial charge in [-0.15, -0.1) is 0 Å². The Hall–Kier alpha value is -4.00. The quantitative estimate of drug-likeness (QED) is 0.525.